The van der Waals surface area contributed by atoms with Crippen LogP contribution in [-0.2, 0) is 6.42 Å². The monoisotopic (exact) mass is 339 g/mol. The van der Waals surface area contributed by atoms with Crippen molar-refractivity contribution in [1.29, 1.82) is 0 Å². The number of anilines is 2. The lowest BCUT2D eigenvalue weighted by Gasteiger charge is -2.25. The van der Waals surface area contributed by atoms with Gasteiger partial charge in [-0.3, -0.25) is 0 Å². The maximum absolute atomic E-state index is 3.71. The Hall–Kier alpha value is -3.06. The Labute approximate surface area is 156 Å². The van der Waals surface area contributed by atoms with Crippen LogP contribution in [0.1, 0.15) is 12.5 Å². The van der Waals surface area contributed by atoms with Gasteiger partial charge in [0, 0.05) is 23.3 Å². The van der Waals surface area contributed by atoms with Crippen molar-refractivity contribution in [3.8, 4) is 0 Å². The lowest BCUT2D eigenvalue weighted by molar-refractivity contribution is 1.09. The van der Waals surface area contributed by atoms with E-state index in [1.807, 2.05) is 12.2 Å². The molecule has 0 aromatic heterocycles. The number of benzene rings is 3. The van der Waals surface area contributed by atoms with Crippen molar-refractivity contribution < 1.29 is 0 Å². The van der Waals surface area contributed by atoms with Gasteiger partial charge in [0.15, 0.2) is 0 Å². The Morgan fingerprint density at radius 1 is 0.846 bits per heavy atom. The zero-order valence-electron chi connectivity index (χ0n) is 15.3. The molecule has 0 N–H and O–H groups in total. The van der Waals surface area contributed by atoms with Gasteiger partial charge in [-0.1, -0.05) is 92.4 Å². The van der Waals surface area contributed by atoms with Crippen molar-refractivity contribution in [1.82, 2.24) is 0 Å². The highest BCUT2D eigenvalue weighted by atomic mass is 15.1. The summed E-state index contributed by atoms with van der Waals surface area (Å²) in [5.74, 6) is 0. The molecule has 0 atom stereocenters. The summed E-state index contributed by atoms with van der Waals surface area (Å²) < 4.78 is 0. The summed E-state index contributed by atoms with van der Waals surface area (Å²) in [4.78, 5) is 2.36. The van der Waals surface area contributed by atoms with E-state index in [9.17, 15) is 0 Å². The van der Waals surface area contributed by atoms with Gasteiger partial charge in [-0.05, 0) is 35.6 Å². The minimum absolute atomic E-state index is 0.807. The molecule has 0 radical (unpaired) electrons. The van der Waals surface area contributed by atoms with E-state index in [2.05, 4.69) is 97.3 Å². The van der Waals surface area contributed by atoms with Crippen LogP contribution in [0.15, 0.2) is 104 Å². The molecule has 0 amide bonds. The largest absolute Gasteiger partial charge is 0.337 e. The number of nitrogens with zero attached hydrogens (tertiary/aromatic N) is 1. The third-order valence-electron chi connectivity index (χ3n) is 4.50. The first-order chi connectivity index (χ1) is 12.8. The van der Waals surface area contributed by atoms with Crippen LogP contribution in [0.3, 0.4) is 0 Å². The van der Waals surface area contributed by atoms with Crippen molar-refractivity contribution >= 4 is 22.1 Å². The van der Waals surface area contributed by atoms with Gasteiger partial charge >= 0.3 is 0 Å². The van der Waals surface area contributed by atoms with Crippen molar-refractivity contribution in [2.75, 3.05) is 11.4 Å². The van der Waals surface area contributed by atoms with Gasteiger partial charge in [0.1, 0.15) is 0 Å². The number of aryl methyl sites for hydroxylation is 1. The summed E-state index contributed by atoms with van der Waals surface area (Å²) in [5, 5.41) is 2.53. The minimum atomic E-state index is 0.807. The lowest BCUT2D eigenvalue weighted by atomic mass is 10.1. The number of allylic oxidation sites excluding steroid dienone is 4. The number of rotatable bonds is 7. The van der Waals surface area contributed by atoms with E-state index in [-0.39, 0.29) is 0 Å². The van der Waals surface area contributed by atoms with Crippen molar-refractivity contribution in [3.63, 3.8) is 0 Å². The Morgan fingerprint density at radius 3 is 2.38 bits per heavy atom. The van der Waals surface area contributed by atoms with Crippen molar-refractivity contribution in [2.45, 2.75) is 13.3 Å². The third-order valence-corrected chi connectivity index (χ3v) is 4.50. The van der Waals surface area contributed by atoms with E-state index in [4.69, 9.17) is 0 Å². The normalized spacial score (nSPS) is 11.4. The SMILES string of the molecule is C=C/C=C\C=C/CN(c1ccc(CC)cc1)c1cccc2ccccc12. The fourth-order valence-electron chi connectivity index (χ4n) is 3.09. The Bertz CT molecular complexity index is 911. The molecule has 0 saturated heterocycles. The van der Waals surface area contributed by atoms with Gasteiger partial charge in [-0.15, -0.1) is 0 Å². The first-order valence-electron chi connectivity index (χ1n) is 9.12. The summed E-state index contributed by atoms with van der Waals surface area (Å²) in [6.07, 6.45) is 11.0. The topological polar surface area (TPSA) is 3.24 Å². The first kappa shape index (κ1) is 17.8. The van der Waals surface area contributed by atoms with Crippen LogP contribution >= 0.6 is 0 Å². The van der Waals surface area contributed by atoms with E-state index in [0.717, 1.165) is 13.0 Å². The summed E-state index contributed by atoms with van der Waals surface area (Å²) in [7, 11) is 0. The van der Waals surface area contributed by atoms with Gasteiger partial charge in [-0.25, -0.2) is 0 Å². The molecule has 0 fully saturated rings. The van der Waals surface area contributed by atoms with Crippen LogP contribution in [0.4, 0.5) is 11.4 Å². The Morgan fingerprint density at radius 2 is 1.62 bits per heavy atom. The second kappa shape index (κ2) is 8.87. The fraction of sp³-hybridized carbons (Fsp3) is 0.120. The molecule has 3 rings (SSSR count). The molecule has 3 aromatic rings. The zero-order chi connectivity index (χ0) is 18.2. The van der Waals surface area contributed by atoms with Crippen molar-refractivity contribution in [3.05, 3.63) is 109 Å². The van der Waals surface area contributed by atoms with Crippen LogP contribution in [0.25, 0.3) is 10.8 Å². The zero-order valence-corrected chi connectivity index (χ0v) is 15.3. The molecule has 26 heavy (non-hydrogen) atoms. The maximum atomic E-state index is 3.71. The highest BCUT2D eigenvalue weighted by Gasteiger charge is 2.11. The predicted octanol–water partition coefficient (Wildman–Crippen LogP) is 6.84. The number of hydrogen-bond acceptors (Lipinski definition) is 1. The number of hydrogen-bond donors (Lipinski definition) is 0. The molecule has 130 valence electrons. The molecule has 0 heterocycles. The molecule has 1 heteroatoms. The molecular weight excluding hydrogens is 314 g/mol. The Balaban J connectivity index is 2.02. The van der Waals surface area contributed by atoms with Crippen LogP contribution in [0, 0.1) is 0 Å². The molecule has 0 aliphatic rings. The van der Waals surface area contributed by atoms with Gasteiger partial charge < -0.3 is 4.90 Å². The molecule has 0 unspecified atom stereocenters. The summed E-state index contributed by atoms with van der Waals surface area (Å²) in [6, 6.07) is 23.9. The number of fused-ring (bicyclic) bond motifs is 1. The van der Waals surface area contributed by atoms with Crippen LogP contribution < -0.4 is 4.90 Å². The maximum Gasteiger partial charge on any atom is 0.0493 e. The lowest BCUT2D eigenvalue weighted by Crippen LogP contribution is -2.17. The molecule has 1 nitrogen and oxygen atoms in total. The van der Waals surface area contributed by atoms with E-state index < -0.39 is 0 Å². The Kier molecular flexibility index (Phi) is 6.05. The second-order valence-electron chi connectivity index (χ2n) is 6.18. The van der Waals surface area contributed by atoms with Gasteiger partial charge in [0.05, 0.1) is 0 Å². The average molecular weight is 339 g/mol. The standard InChI is InChI=1S/C25H25N/c1-3-5-6-7-10-20-26(23-18-16-21(4-2)17-19-23)25-15-11-13-22-12-8-9-14-24(22)25/h3,5-19H,1,4,20H2,2H3/b6-5-,10-7-. The van der Waals surface area contributed by atoms with E-state index in [1.165, 1.54) is 27.7 Å². The molecule has 0 spiro atoms. The van der Waals surface area contributed by atoms with Gasteiger partial charge in [0.2, 0.25) is 0 Å². The van der Waals surface area contributed by atoms with E-state index in [1.54, 1.807) is 6.08 Å². The molecule has 0 aliphatic carbocycles. The smallest absolute Gasteiger partial charge is 0.0493 e. The van der Waals surface area contributed by atoms with Crippen LogP contribution in [0.5, 0.6) is 0 Å². The predicted molar refractivity (Wildman–Crippen MR) is 115 cm³/mol. The summed E-state index contributed by atoms with van der Waals surface area (Å²) >= 11 is 0. The molecule has 0 bridgehead atoms. The molecule has 3 aromatic carbocycles. The second-order valence-corrected chi connectivity index (χ2v) is 6.18. The quantitative estimate of drug-likeness (QED) is 0.426. The van der Waals surface area contributed by atoms with Crippen LogP contribution in [-0.4, -0.2) is 6.54 Å². The molecular formula is C25H25N. The van der Waals surface area contributed by atoms with E-state index in [0.29, 0.717) is 0 Å². The molecule has 0 saturated carbocycles. The van der Waals surface area contributed by atoms with Crippen LogP contribution in [0.2, 0.25) is 0 Å². The van der Waals surface area contributed by atoms with Crippen molar-refractivity contribution in [2.24, 2.45) is 0 Å². The highest BCUT2D eigenvalue weighted by molar-refractivity contribution is 5.96. The fourth-order valence-corrected chi connectivity index (χ4v) is 3.09. The van der Waals surface area contributed by atoms with Gasteiger partial charge in [-0.2, -0.15) is 0 Å². The first-order valence-corrected chi connectivity index (χ1v) is 9.12. The minimum Gasteiger partial charge on any atom is -0.337 e. The summed E-state index contributed by atoms with van der Waals surface area (Å²) in [5.41, 5.74) is 3.79. The molecule has 0 aliphatic heterocycles. The van der Waals surface area contributed by atoms with E-state index >= 15 is 0 Å². The summed E-state index contributed by atoms with van der Waals surface area (Å²) in [6.45, 7) is 6.70. The van der Waals surface area contributed by atoms with Gasteiger partial charge in [0.25, 0.3) is 0 Å². The average Bonchev–Trinajstić information content (AvgIpc) is 2.71. The highest BCUT2D eigenvalue weighted by Crippen LogP contribution is 2.32. The third kappa shape index (κ3) is 4.12.